The van der Waals surface area contributed by atoms with Crippen LogP contribution in [0.1, 0.15) is 55.9 Å². The summed E-state index contributed by atoms with van der Waals surface area (Å²) in [5, 5.41) is 2.13. The molecule has 7 heteroatoms. The van der Waals surface area contributed by atoms with Crippen LogP contribution < -0.4 is 10.0 Å². The molecule has 0 aliphatic heterocycles. The Hall–Kier alpha value is -1.60. The molecule has 26 heavy (non-hydrogen) atoms. The number of aryl methyl sites for hydroxylation is 2. The predicted molar refractivity (Wildman–Crippen MR) is 104 cm³/mol. The number of carbonyl (C=O) groups excluding carboxylic acids is 1. The molecule has 1 atom stereocenters. The number of urea groups is 1. The molecule has 2 amide bonds. The number of rotatable bonds is 6. The molecule has 0 bridgehead atoms. The van der Waals surface area contributed by atoms with E-state index in [-0.39, 0.29) is 0 Å². The lowest BCUT2D eigenvalue weighted by atomic mass is 9.99. The van der Waals surface area contributed by atoms with Gasteiger partial charge in [0.25, 0.3) is 10.0 Å². The molecule has 0 radical (unpaired) electrons. The van der Waals surface area contributed by atoms with Crippen LogP contribution in [0.5, 0.6) is 0 Å². The number of hydrogen-bond donors (Lipinski definition) is 2. The minimum absolute atomic E-state index is 0.611. The number of nitrogens with one attached hydrogen (secondary N) is 2. The van der Waals surface area contributed by atoms with Crippen molar-refractivity contribution in [2.75, 3.05) is 18.4 Å². The van der Waals surface area contributed by atoms with E-state index in [1.807, 2.05) is 13.8 Å². The number of nitrogens with zero attached hydrogens (tertiary/aromatic N) is 1. The first kappa shape index (κ1) is 19.2. The largest absolute Gasteiger partial charge is 0.332 e. The fourth-order valence-corrected chi connectivity index (χ4v) is 5.43. The van der Waals surface area contributed by atoms with E-state index in [4.69, 9.17) is 0 Å². The smallest absolute Gasteiger partial charge is 0.307 e. The topological polar surface area (TPSA) is 78.5 Å². The molecule has 0 spiro atoms. The van der Waals surface area contributed by atoms with Crippen molar-refractivity contribution in [2.45, 2.75) is 64.7 Å². The van der Waals surface area contributed by atoms with E-state index in [0.29, 0.717) is 13.1 Å². The molecule has 0 fully saturated rings. The van der Waals surface area contributed by atoms with E-state index in [1.165, 1.54) is 22.3 Å². The molecule has 1 aromatic rings. The zero-order valence-corrected chi connectivity index (χ0v) is 16.7. The van der Waals surface area contributed by atoms with Gasteiger partial charge in [-0.2, -0.15) is 0 Å². The van der Waals surface area contributed by atoms with E-state index in [0.717, 1.165) is 44.2 Å². The molecule has 1 aromatic carbocycles. The second kappa shape index (κ2) is 7.56. The summed E-state index contributed by atoms with van der Waals surface area (Å²) in [6.45, 7) is 6.65. The highest BCUT2D eigenvalue weighted by Crippen LogP contribution is 2.38. The monoisotopic (exact) mass is 379 g/mol. The summed E-state index contributed by atoms with van der Waals surface area (Å²) >= 11 is 0. The SMILES string of the molecule is CCN(CC)C(C)S(=O)(=O)NC(=O)Nc1c2c(cc3c1CCC3)CCC2. The maximum atomic E-state index is 12.5. The molecule has 6 nitrogen and oxygen atoms in total. The van der Waals surface area contributed by atoms with E-state index >= 15 is 0 Å². The van der Waals surface area contributed by atoms with E-state index in [9.17, 15) is 13.2 Å². The van der Waals surface area contributed by atoms with Crippen LogP contribution in [-0.2, 0) is 35.7 Å². The quantitative estimate of drug-likeness (QED) is 0.797. The van der Waals surface area contributed by atoms with Crippen molar-refractivity contribution in [1.29, 1.82) is 0 Å². The highest BCUT2D eigenvalue weighted by atomic mass is 32.2. The first-order valence-electron chi connectivity index (χ1n) is 9.60. The summed E-state index contributed by atoms with van der Waals surface area (Å²) in [5.74, 6) is 0. The third-order valence-electron chi connectivity index (χ3n) is 5.72. The Balaban J connectivity index is 1.79. The predicted octanol–water partition coefficient (Wildman–Crippen LogP) is 2.80. The normalized spacial score (nSPS) is 17.1. The van der Waals surface area contributed by atoms with Gasteiger partial charge in [-0.15, -0.1) is 0 Å². The molecule has 0 saturated heterocycles. The Bertz CT molecular complexity index is 768. The molecule has 0 saturated carbocycles. The summed E-state index contributed by atoms with van der Waals surface area (Å²) in [6.07, 6.45) is 6.14. The minimum atomic E-state index is -3.77. The number of carbonyl (C=O) groups is 1. The van der Waals surface area contributed by atoms with Crippen LogP contribution in [0.2, 0.25) is 0 Å². The molecular formula is C19H29N3O3S. The second-order valence-corrected chi connectivity index (χ2v) is 9.13. The zero-order valence-electron chi connectivity index (χ0n) is 15.9. The molecule has 2 N–H and O–H groups in total. The number of hydrogen-bond acceptors (Lipinski definition) is 4. The van der Waals surface area contributed by atoms with E-state index < -0.39 is 21.4 Å². The number of anilines is 1. The van der Waals surface area contributed by atoms with Crippen molar-refractivity contribution < 1.29 is 13.2 Å². The van der Waals surface area contributed by atoms with Gasteiger partial charge in [-0.25, -0.2) is 17.9 Å². The van der Waals surface area contributed by atoms with Crippen LogP contribution in [0.4, 0.5) is 10.5 Å². The molecule has 0 aromatic heterocycles. The summed E-state index contributed by atoms with van der Waals surface area (Å²) in [4.78, 5) is 14.3. The van der Waals surface area contributed by atoms with Gasteiger partial charge in [0.15, 0.2) is 0 Å². The Morgan fingerprint density at radius 1 is 1.08 bits per heavy atom. The zero-order chi connectivity index (χ0) is 18.9. The molecule has 144 valence electrons. The third-order valence-corrected chi connectivity index (χ3v) is 7.39. The Morgan fingerprint density at radius 2 is 1.62 bits per heavy atom. The van der Waals surface area contributed by atoms with Crippen LogP contribution in [0, 0.1) is 0 Å². The highest BCUT2D eigenvalue weighted by Gasteiger charge is 2.29. The Labute approximate surface area is 156 Å². The first-order valence-corrected chi connectivity index (χ1v) is 11.1. The van der Waals surface area contributed by atoms with Crippen molar-refractivity contribution in [3.63, 3.8) is 0 Å². The Morgan fingerprint density at radius 3 is 2.12 bits per heavy atom. The Kier molecular flexibility index (Phi) is 5.58. The van der Waals surface area contributed by atoms with Gasteiger partial charge >= 0.3 is 6.03 Å². The van der Waals surface area contributed by atoms with Gasteiger partial charge in [0.1, 0.15) is 5.37 Å². The van der Waals surface area contributed by atoms with Crippen molar-refractivity contribution in [1.82, 2.24) is 9.62 Å². The lowest BCUT2D eigenvalue weighted by Crippen LogP contribution is -2.47. The van der Waals surface area contributed by atoms with Gasteiger partial charge in [0.2, 0.25) is 0 Å². The van der Waals surface area contributed by atoms with Crippen molar-refractivity contribution >= 4 is 21.7 Å². The van der Waals surface area contributed by atoms with Crippen LogP contribution in [0.15, 0.2) is 6.07 Å². The van der Waals surface area contributed by atoms with Gasteiger partial charge in [0, 0.05) is 5.69 Å². The second-order valence-electron chi connectivity index (χ2n) is 7.16. The molecule has 1 unspecified atom stereocenters. The maximum absolute atomic E-state index is 12.5. The fourth-order valence-electron chi connectivity index (χ4n) is 4.25. The van der Waals surface area contributed by atoms with Gasteiger partial charge < -0.3 is 5.32 Å². The average Bonchev–Trinajstić information content (AvgIpc) is 3.24. The van der Waals surface area contributed by atoms with Gasteiger partial charge in [-0.05, 0) is 80.8 Å². The number of benzene rings is 1. The summed E-state index contributed by atoms with van der Waals surface area (Å²) in [7, 11) is -3.77. The lowest BCUT2D eigenvalue weighted by Gasteiger charge is -2.26. The average molecular weight is 380 g/mol. The van der Waals surface area contributed by atoms with Crippen molar-refractivity contribution in [2.24, 2.45) is 0 Å². The van der Waals surface area contributed by atoms with E-state index in [2.05, 4.69) is 16.1 Å². The van der Waals surface area contributed by atoms with Crippen molar-refractivity contribution in [3.05, 3.63) is 28.3 Å². The molecule has 2 aliphatic carbocycles. The standard InChI is InChI=1S/C19H29N3O3S/c1-4-22(5-2)13(3)26(24,25)21-19(23)20-18-16-10-6-8-14(16)12-15-9-7-11-17(15)18/h12-13H,4-11H2,1-3H3,(H2,20,21,23). The summed E-state index contributed by atoms with van der Waals surface area (Å²) in [5.41, 5.74) is 5.85. The van der Waals surface area contributed by atoms with Crippen LogP contribution in [0.25, 0.3) is 0 Å². The van der Waals surface area contributed by atoms with Crippen molar-refractivity contribution in [3.8, 4) is 0 Å². The summed E-state index contributed by atoms with van der Waals surface area (Å²) in [6, 6.07) is 1.63. The molecule has 0 heterocycles. The molecular weight excluding hydrogens is 350 g/mol. The number of sulfonamides is 1. The maximum Gasteiger partial charge on any atom is 0.332 e. The lowest BCUT2D eigenvalue weighted by molar-refractivity contribution is 0.254. The van der Waals surface area contributed by atoms with Crippen LogP contribution in [0.3, 0.4) is 0 Å². The highest BCUT2D eigenvalue weighted by molar-refractivity contribution is 7.90. The molecule has 2 aliphatic rings. The molecule has 3 rings (SSSR count). The minimum Gasteiger partial charge on any atom is -0.307 e. The van der Waals surface area contributed by atoms with Gasteiger partial charge in [0.05, 0.1) is 0 Å². The van der Waals surface area contributed by atoms with Gasteiger partial charge in [-0.3, -0.25) is 4.90 Å². The van der Waals surface area contributed by atoms with Crippen LogP contribution in [-0.4, -0.2) is 37.8 Å². The first-order chi connectivity index (χ1) is 12.4. The third kappa shape index (κ3) is 3.60. The van der Waals surface area contributed by atoms with Gasteiger partial charge in [-0.1, -0.05) is 19.9 Å². The van der Waals surface area contributed by atoms with E-state index in [1.54, 1.807) is 11.8 Å². The summed E-state index contributed by atoms with van der Waals surface area (Å²) < 4.78 is 27.3. The number of amides is 2. The number of fused-ring (bicyclic) bond motifs is 2. The van der Waals surface area contributed by atoms with Crippen LogP contribution >= 0.6 is 0 Å². The fraction of sp³-hybridized carbons (Fsp3) is 0.632.